The van der Waals surface area contributed by atoms with Gasteiger partial charge in [0.25, 0.3) is 0 Å². The van der Waals surface area contributed by atoms with Crippen LogP contribution in [0.25, 0.3) is 10.9 Å². The van der Waals surface area contributed by atoms with Crippen LogP contribution in [0.15, 0.2) is 18.2 Å². The summed E-state index contributed by atoms with van der Waals surface area (Å²) in [4.78, 5) is 4.40. The third-order valence-corrected chi connectivity index (χ3v) is 3.31. The standard InChI is InChI=1S/C13H13ClN2O2/c14-13-8(2-1-3-15)4-9-5-11-12(18-7-17-11)6-10(9)16-13/h4-6H,1-3,7,15H2. The second kappa shape index (κ2) is 4.63. The lowest BCUT2D eigenvalue weighted by atomic mass is 10.1. The molecule has 2 heterocycles. The van der Waals surface area contributed by atoms with E-state index in [-0.39, 0.29) is 6.79 Å². The van der Waals surface area contributed by atoms with Crippen molar-refractivity contribution in [3.8, 4) is 11.5 Å². The maximum absolute atomic E-state index is 6.17. The molecule has 2 N–H and O–H groups in total. The van der Waals surface area contributed by atoms with Gasteiger partial charge in [0.15, 0.2) is 11.5 Å². The van der Waals surface area contributed by atoms with E-state index in [4.69, 9.17) is 26.8 Å². The van der Waals surface area contributed by atoms with E-state index in [1.807, 2.05) is 18.2 Å². The molecule has 18 heavy (non-hydrogen) atoms. The van der Waals surface area contributed by atoms with Crippen LogP contribution in [0.1, 0.15) is 12.0 Å². The fraction of sp³-hybridized carbons (Fsp3) is 0.308. The van der Waals surface area contributed by atoms with Gasteiger partial charge in [-0.05, 0) is 37.1 Å². The number of hydrogen-bond acceptors (Lipinski definition) is 4. The van der Waals surface area contributed by atoms with Gasteiger partial charge in [0.2, 0.25) is 6.79 Å². The molecule has 3 rings (SSSR count). The molecule has 0 unspecified atom stereocenters. The molecule has 5 heteroatoms. The molecular weight excluding hydrogens is 252 g/mol. The van der Waals surface area contributed by atoms with Crippen molar-refractivity contribution in [2.75, 3.05) is 13.3 Å². The molecule has 4 nitrogen and oxygen atoms in total. The summed E-state index contributed by atoms with van der Waals surface area (Å²) >= 11 is 6.17. The Morgan fingerprint density at radius 2 is 2.00 bits per heavy atom. The van der Waals surface area contributed by atoms with Crippen molar-refractivity contribution >= 4 is 22.5 Å². The lowest BCUT2D eigenvalue weighted by Crippen LogP contribution is -2.01. The second-order valence-electron chi connectivity index (χ2n) is 4.23. The van der Waals surface area contributed by atoms with Gasteiger partial charge in [-0.15, -0.1) is 0 Å². The van der Waals surface area contributed by atoms with Crippen LogP contribution in [-0.4, -0.2) is 18.3 Å². The van der Waals surface area contributed by atoms with Gasteiger partial charge in [0.05, 0.1) is 5.52 Å². The maximum Gasteiger partial charge on any atom is 0.231 e. The predicted molar refractivity (Wildman–Crippen MR) is 70.3 cm³/mol. The minimum atomic E-state index is 0.263. The largest absolute Gasteiger partial charge is 0.454 e. The van der Waals surface area contributed by atoms with Gasteiger partial charge in [-0.1, -0.05) is 11.6 Å². The zero-order chi connectivity index (χ0) is 12.5. The summed E-state index contributed by atoms with van der Waals surface area (Å²) in [6.45, 7) is 0.912. The third kappa shape index (κ3) is 1.98. The van der Waals surface area contributed by atoms with Crippen LogP contribution in [0.2, 0.25) is 5.15 Å². The molecule has 1 aromatic carbocycles. The second-order valence-corrected chi connectivity index (χ2v) is 4.59. The summed E-state index contributed by atoms with van der Waals surface area (Å²) in [5.41, 5.74) is 7.35. The van der Waals surface area contributed by atoms with Crippen molar-refractivity contribution in [3.63, 3.8) is 0 Å². The first kappa shape index (κ1) is 11.6. The summed E-state index contributed by atoms with van der Waals surface area (Å²) in [5.74, 6) is 1.48. The normalized spacial score (nSPS) is 13.2. The molecule has 0 spiro atoms. The van der Waals surface area contributed by atoms with Gasteiger partial charge in [-0.3, -0.25) is 0 Å². The minimum absolute atomic E-state index is 0.263. The van der Waals surface area contributed by atoms with Crippen molar-refractivity contribution in [2.45, 2.75) is 12.8 Å². The number of rotatable bonds is 3. The Morgan fingerprint density at radius 3 is 2.78 bits per heavy atom. The van der Waals surface area contributed by atoms with E-state index in [0.717, 1.165) is 40.8 Å². The van der Waals surface area contributed by atoms with Gasteiger partial charge in [-0.2, -0.15) is 0 Å². The Balaban J connectivity index is 2.08. The summed E-state index contributed by atoms with van der Waals surface area (Å²) in [6.07, 6.45) is 1.74. The van der Waals surface area contributed by atoms with Crippen LogP contribution in [0.5, 0.6) is 11.5 Å². The van der Waals surface area contributed by atoms with E-state index in [2.05, 4.69) is 4.98 Å². The van der Waals surface area contributed by atoms with Gasteiger partial charge in [0, 0.05) is 11.5 Å². The summed E-state index contributed by atoms with van der Waals surface area (Å²) in [5, 5.41) is 1.55. The van der Waals surface area contributed by atoms with E-state index in [9.17, 15) is 0 Å². The summed E-state index contributed by atoms with van der Waals surface area (Å²) in [6, 6.07) is 5.84. The average molecular weight is 265 g/mol. The lowest BCUT2D eigenvalue weighted by molar-refractivity contribution is 0.174. The molecule has 1 aliphatic rings. The molecule has 1 aliphatic heterocycles. The Labute approximate surface area is 110 Å². The highest BCUT2D eigenvalue weighted by Gasteiger charge is 2.15. The highest BCUT2D eigenvalue weighted by Crippen LogP contribution is 2.36. The zero-order valence-corrected chi connectivity index (χ0v) is 10.5. The van der Waals surface area contributed by atoms with Gasteiger partial charge >= 0.3 is 0 Å². The number of aromatic nitrogens is 1. The van der Waals surface area contributed by atoms with E-state index < -0.39 is 0 Å². The van der Waals surface area contributed by atoms with Crippen LogP contribution < -0.4 is 15.2 Å². The molecule has 0 saturated heterocycles. The molecule has 2 aromatic rings. The van der Waals surface area contributed by atoms with Crippen LogP contribution in [0.4, 0.5) is 0 Å². The number of pyridine rings is 1. The monoisotopic (exact) mass is 264 g/mol. The molecule has 0 fully saturated rings. The molecule has 0 saturated carbocycles. The Kier molecular flexibility index (Phi) is 2.97. The predicted octanol–water partition coefficient (Wildman–Crippen LogP) is 2.51. The SMILES string of the molecule is NCCCc1cc2cc3c(cc2nc1Cl)OCO3. The molecular formula is C13H13ClN2O2. The van der Waals surface area contributed by atoms with E-state index in [1.165, 1.54) is 0 Å². The van der Waals surface area contributed by atoms with Crippen molar-refractivity contribution in [3.05, 3.63) is 28.9 Å². The molecule has 0 aliphatic carbocycles. The number of hydrogen-bond donors (Lipinski definition) is 1. The van der Waals surface area contributed by atoms with E-state index in [1.54, 1.807) is 0 Å². The lowest BCUT2D eigenvalue weighted by Gasteiger charge is -2.06. The fourth-order valence-electron chi connectivity index (χ4n) is 2.05. The number of fused-ring (bicyclic) bond motifs is 2. The maximum atomic E-state index is 6.17. The number of nitrogens with two attached hydrogens (primary N) is 1. The fourth-order valence-corrected chi connectivity index (χ4v) is 2.29. The number of benzene rings is 1. The molecule has 1 aromatic heterocycles. The zero-order valence-electron chi connectivity index (χ0n) is 9.78. The smallest absolute Gasteiger partial charge is 0.231 e. The van der Waals surface area contributed by atoms with Crippen molar-refractivity contribution in [2.24, 2.45) is 5.73 Å². The van der Waals surface area contributed by atoms with E-state index in [0.29, 0.717) is 11.7 Å². The molecule has 0 atom stereocenters. The molecule has 0 bridgehead atoms. The van der Waals surface area contributed by atoms with Crippen LogP contribution in [0, 0.1) is 0 Å². The van der Waals surface area contributed by atoms with E-state index >= 15 is 0 Å². The van der Waals surface area contributed by atoms with Crippen molar-refractivity contribution in [1.82, 2.24) is 4.98 Å². The first-order chi connectivity index (χ1) is 8.78. The van der Waals surface area contributed by atoms with Crippen LogP contribution >= 0.6 is 11.6 Å². The number of ether oxygens (including phenoxy) is 2. The summed E-state index contributed by atoms with van der Waals surface area (Å²) in [7, 11) is 0. The Morgan fingerprint density at radius 1 is 1.22 bits per heavy atom. The van der Waals surface area contributed by atoms with Crippen LogP contribution in [0.3, 0.4) is 0 Å². The first-order valence-electron chi connectivity index (χ1n) is 5.87. The average Bonchev–Trinajstić information content (AvgIpc) is 2.80. The highest BCUT2D eigenvalue weighted by atomic mass is 35.5. The topological polar surface area (TPSA) is 57.4 Å². The van der Waals surface area contributed by atoms with Crippen molar-refractivity contribution in [1.29, 1.82) is 0 Å². The Bertz CT molecular complexity index is 601. The van der Waals surface area contributed by atoms with Gasteiger partial charge < -0.3 is 15.2 Å². The van der Waals surface area contributed by atoms with Gasteiger partial charge in [-0.25, -0.2) is 4.98 Å². The minimum Gasteiger partial charge on any atom is -0.454 e. The summed E-state index contributed by atoms with van der Waals surface area (Å²) < 4.78 is 10.7. The first-order valence-corrected chi connectivity index (χ1v) is 6.24. The third-order valence-electron chi connectivity index (χ3n) is 2.99. The number of halogens is 1. The van der Waals surface area contributed by atoms with Crippen LogP contribution in [-0.2, 0) is 6.42 Å². The molecule has 0 radical (unpaired) electrons. The van der Waals surface area contributed by atoms with Gasteiger partial charge in [0.1, 0.15) is 5.15 Å². The van der Waals surface area contributed by atoms with Crippen molar-refractivity contribution < 1.29 is 9.47 Å². The molecule has 0 amide bonds. The Hall–Kier alpha value is -1.52. The molecule has 94 valence electrons. The highest BCUT2D eigenvalue weighted by molar-refractivity contribution is 6.30. The number of nitrogens with zero attached hydrogens (tertiary/aromatic N) is 1. The number of aryl methyl sites for hydroxylation is 1. The quantitative estimate of drug-likeness (QED) is 0.866.